The number of carbonyl (C=O) groups excluding carboxylic acids is 3. The van der Waals surface area contributed by atoms with E-state index in [2.05, 4.69) is 21.3 Å². The van der Waals surface area contributed by atoms with Crippen molar-refractivity contribution in [1.82, 2.24) is 21.3 Å². The van der Waals surface area contributed by atoms with Crippen molar-refractivity contribution in [1.29, 1.82) is 0 Å². The number of hydrogen-bond acceptors (Lipinski definition) is 7. The highest BCUT2D eigenvalue weighted by molar-refractivity contribution is 8.01. The van der Waals surface area contributed by atoms with E-state index in [1.165, 1.54) is 11.8 Å². The Labute approximate surface area is 222 Å². The number of thioether (sulfide) groups is 1. The molecule has 2 aromatic rings. The van der Waals surface area contributed by atoms with Gasteiger partial charge in [0.15, 0.2) is 6.61 Å². The molecule has 200 valence electrons. The highest BCUT2D eigenvalue weighted by Gasteiger charge is 2.49. The molecule has 0 radical (unpaired) electrons. The summed E-state index contributed by atoms with van der Waals surface area (Å²) in [5.74, 6) is -0.546. The Bertz CT molecular complexity index is 1030. The minimum Gasteiger partial charge on any atom is -0.484 e. The predicted molar refractivity (Wildman–Crippen MR) is 144 cm³/mol. The van der Waals surface area contributed by atoms with Crippen LogP contribution in [0.25, 0.3) is 0 Å². The van der Waals surface area contributed by atoms with E-state index < -0.39 is 28.1 Å². The van der Waals surface area contributed by atoms with Crippen LogP contribution in [-0.2, 0) is 20.9 Å². The van der Waals surface area contributed by atoms with Crippen molar-refractivity contribution >= 4 is 29.5 Å². The number of hydrogen-bond donors (Lipinski definition) is 5. The van der Waals surface area contributed by atoms with Crippen LogP contribution >= 0.6 is 11.8 Å². The van der Waals surface area contributed by atoms with Crippen LogP contribution < -0.4 is 26.0 Å². The third-order valence-electron chi connectivity index (χ3n) is 6.10. The van der Waals surface area contributed by atoms with Gasteiger partial charge >= 0.3 is 0 Å². The van der Waals surface area contributed by atoms with Crippen LogP contribution in [0.3, 0.4) is 0 Å². The van der Waals surface area contributed by atoms with Gasteiger partial charge in [0.1, 0.15) is 17.8 Å². The molecule has 0 bridgehead atoms. The molecule has 3 rings (SSSR count). The first kappa shape index (κ1) is 28.5. The van der Waals surface area contributed by atoms with Crippen molar-refractivity contribution in [2.75, 3.05) is 13.2 Å². The molecule has 1 aliphatic rings. The fourth-order valence-electron chi connectivity index (χ4n) is 3.97. The average Bonchev–Trinajstić information content (AvgIpc) is 3.23. The largest absolute Gasteiger partial charge is 0.484 e. The number of carbonyl (C=O) groups is 3. The smallest absolute Gasteiger partial charge is 0.258 e. The molecule has 0 aliphatic carbocycles. The Balaban J connectivity index is 1.72. The van der Waals surface area contributed by atoms with Crippen LogP contribution in [0.15, 0.2) is 60.7 Å². The summed E-state index contributed by atoms with van der Waals surface area (Å²) in [6, 6.07) is 16.5. The molecule has 1 saturated heterocycles. The second-order valence-corrected chi connectivity index (χ2v) is 11.2. The van der Waals surface area contributed by atoms with Gasteiger partial charge < -0.3 is 25.8 Å². The third kappa shape index (κ3) is 8.21. The van der Waals surface area contributed by atoms with Gasteiger partial charge in [-0.3, -0.25) is 19.7 Å². The monoisotopic (exact) mass is 528 g/mol. The summed E-state index contributed by atoms with van der Waals surface area (Å²) in [6.45, 7) is 5.58. The first-order valence-corrected chi connectivity index (χ1v) is 13.3. The molecule has 3 amide bonds. The summed E-state index contributed by atoms with van der Waals surface area (Å²) in [5, 5.41) is 20.7. The molecule has 0 spiro atoms. The number of aliphatic hydroxyl groups is 1. The van der Waals surface area contributed by atoms with E-state index in [4.69, 9.17) is 4.74 Å². The second-order valence-electron chi connectivity index (χ2n) is 9.39. The number of nitrogens with one attached hydrogen (secondary N) is 4. The Morgan fingerprint density at radius 3 is 2.32 bits per heavy atom. The lowest BCUT2D eigenvalue weighted by atomic mass is 10.0. The maximum Gasteiger partial charge on any atom is 0.258 e. The molecule has 0 saturated carbocycles. The normalized spacial score (nSPS) is 19.9. The predicted octanol–water partition coefficient (Wildman–Crippen LogP) is 1.56. The summed E-state index contributed by atoms with van der Waals surface area (Å²) >= 11 is 1.41. The molecule has 4 atom stereocenters. The summed E-state index contributed by atoms with van der Waals surface area (Å²) < 4.78 is 4.97. The summed E-state index contributed by atoms with van der Waals surface area (Å²) in [5.41, 5.74) is 0.924. The van der Waals surface area contributed by atoms with Gasteiger partial charge in [0.25, 0.3) is 5.91 Å². The molecule has 1 fully saturated rings. The lowest BCUT2D eigenvalue weighted by molar-refractivity contribution is -0.130. The van der Waals surface area contributed by atoms with E-state index in [0.717, 1.165) is 5.56 Å². The highest BCUT2D eigenvalue weighted by atomic mass is 32.2. The number of para-hydroxylation sites is 1. The fraction of sp³-hybridized carbons (Fsp3) is 0.444. The molecule has 0 aromatic heterocycles. The number of amides is 3. The van der Waals surface area contributed by atoms with Gasteiger partial charge in [0, 0.05) is 11.3 Å². The first-order valence-electron chi connectivity index (χ1n) is 12.4. The molecule has 37 heavy (non-hydrogen) atoms. The van der Waals surface area contributed by atoms with Crippen LogP contribution in [0.1, 0.15) is 32.8 Å². The molecule has 1 aliphatic heterocycles. The van der Waals surface area contributed by atoms with E-state index in [-0.39, 0.29) is 31.1 Å². The highest BCUT2D eigenvalue weighted by Crippen LogP contribution is 2.39. The van der Waals surface area contributed by atoms with Crippen LogP contribution in [0.5, 0.6) is 5.75 Å². The number of aliphatic hydroxyl groups excluding tert-OH is 1. The van der Waals surface area contributed by atoms with Crippen molar-refractivity contribution in [2.45, 2.75) is 62.0 Å². The van der Waals surface area contributed by atoms with Crippen molar-refractivity contribution in [3.8, 4) is 5.75 Å². The molecular weight excluding hydrogens is 492 g/mol. The van der Waals surface area contributed by atoms with E-state index in [9.17, 15) is 19.5 Å². The van der Waals surface area contributed by atoms with Crippen LogP contribution in [0.2, 0.25) is 0 Å². The van der Waals surface area contributed by atoms with Gasteiger partial charge in [0.05, 0.1) is 18.0 Å². The summed E-state index contributed by atoms with van der Waals surface area (Å²) in [7, 11) is 0. The Morgan fingerprint density at radius 2 is 1.70 bits per heavy atom. The van der Waals surface area contributed by atoms with E-state index >= 15 is 0 Å². The topological polar surface area (TPSA) is 129 Å². The maximum atomic E-state index is 13.3. The lowest BCUT2D eigenvalue weighted by Crippen LogP contribution is -2.59. The van der Waals surface area contributed by atoms with Crippen molar-refractivity contribution in [3.63, 3.8) is 0 Å². The number of rotatable bonds is 12. The molecule has 5 N–H and O–H groups in total. The molecule has 1 heterocycles. The fourth-order valence-corrected chi connectivity index (χ4v) is 5.46. The summed E-state index contributed by atoms with van der Waals surface area (Å²) in [4.78, 5) is 39.1. The molecule has 0 unspecified atom stereocenters. The number of ether oxygens (including phenoxy) is 1. The van der Waals surface area contributed by atoms with Crippen molar-refractivity contribution < 1.29 is 24.2 Å². The van der Waals surface area contributed by atoms with E-state index in [0.29, 0.717) is 18.7 Å². The Kier molecular flexibility index (Phi) is 10.4. The standard InChI is InChI=1S/C27H36N4O5S/c1-4-19(16-32)29-25(35)23-27(2,3)37-26(31-23)22(24(34)28-15-18-11-7-5-8-12-18)30-21(33)17-36-20-13-9-6-10-14-20/h5-14,19,22-23,26,31-32H,4,15-17H2,1-3H3,(H,28,34)(H,29,35)(H,30,33)/t19-,22+,23-,26+/m0/s1. The Hall–Kier alpha value is -3.08. The molecule has 2 aromatic carbocycles. The minimum absolute atomic E-state index is 0.159. The van der Waals surface area contributed by atoms with Gasteiger partial charge in [-0.2, -0.15) is 0 Å². The van der Waals surface area contributed by atoms with E-state index in [1.54, 1.807) is 24.3 Å². The summed E-state index contributed by atoms with van der Waals surface area (Å²) in [6.07, 6.45) is 0.591. The lowest BCUT2D eigenvalue weighted by Gasteiger charge is -2.26. The van der Waals surface area contributed by atoms with E-state index in [1.807, 2.05) is 57.2 Å². The van der Waals surface area contributed by atoms with Crippen LogP contribution in [0, 0.1) is 0 Å². The van der Waals surface area contributed by atoms with Gasteiger partial charge in [-0.1, -0.05) is 55.5 Å². The third-order valence-corrected chi connectivity index (χ3v) is 7.61. The van der Waals surface area contributed by atoms with Crippen LogP contribution in [0.4, 0.5) is 0 Å². The van der Waals surface area contributed by atoms with Crippen LogP contribution in [-0.4, -0.2) is 64.3 Å². The average molecular weight is 529 g/mol. The second kappa shape index (κ2) is 13.5. The SMILES string of the molecule is CC[C@@H](CO)NC(=O)[C@@H]1N[C@@H]([C@H](NC(=O)COc2ccccc2)C(=O)NCc2ccccc2)SC1(C)C. The molecular formula is C27H36N4O5S. The van der Waals surface area contributed by atoms with Crippen molar-refractivity contribution in [3.05, 3.63) is 66.2 Å². The van der Waals surface area contributed by atoms with Gasteiger partial charge in [-0.25, -0.2) is 0 Å². The number of benzene rings is 2. The first-order chi connectivity index (χ1) is 17.7. The minimum atomic E-state index is -0.961. The molecule has 9 nitrogen and oxygen atoms in total. The maximum absolute atomic E-state index is 13.3. The van der Waals surface area contributed by atoms with Gasteiger partial charge in [-0.05, 0) is 38.0 Å². The van der Waals surface area contributed by atoms with Gasteiger partial charge in [-0.15, -0.1) is 11.8 Å². The molecule has 10 heteroatoms. The van der Waals surface area contributed by atoms with Crippen molar-refractivity contribution in [2.24, 2.45) is 0 Å². The van der Waals surface area contributed by atoms with Gasteiger partial charge in [0.2, 0.25) is 11.8 Å². The zero-order valence-electron chi connectivity index (χ0n) is 21.4. The quantitative estimate of drug-likeness (QED) is 0.283. The Morgan fingerprint density at radius 1 is 1.05 bits per heavy atom. The zero-order valence-corrected chi connectivity index (χ0v) is 22.2. The zero-order chi connectivity index (χ0) is 26.8.